The van der Waals surface area contributed by atoms with Gasteiger partial charge >= 0.3 is 5.97 Å². The Morgan fingerprint density at radius 1 is 0.758 bits per heavy atom. The largest absolute Gasteiger partial charge is 0.481 e. The van der Waals surface area contributed by atoms with Gasteiger partial charge in [0, 0.05) is 26.1 Å². The molecular weight excluding hydrogens is 456 g/mol. The van der Waals surface area contributed by atoms with Gasteiger partial charge in [0.25, 0.3) is 0 Å². The average molecular weight is 493 g/mol. The second kappa shape index (κ2) is 12.0. The van der Waals surface area contributed by atoms with Crippen molar-refractivity contribution < 1.29 is 15.0 Å². The van der Waals surface area contributed by atoms with E-state index in [9.17, 15) is 24.6 Å². The van der Waals surface area contributed by atoms with Crippen molar-refractivity contribution in [1.29, 1.82) is 0 Å². The molecule has 0 saturated carbocycles. The van der Waals surface area contributed by atoms with Gasteiger partial charge in [-0.3, -0.25) is 14.4 Å². The van der Waals surface area contributed by atoms with Gasteiger partial charge in [0.15, 0.2) is 10.9 Å². The number of aliphatic carboxylic acids is 1. The van der Waals surface area contributed by atoms with Crippen molar-refractivity contribution in [3.05, 3.63) is 64.2 Å². The van der Waals surface area contributed by atoms with E-state index in [4.69, 9.17) is 0 Å². The van der Waals surface area contributed by atoms with Gasteiger partial charge in [-0.25, -0.2) is 0 Å². The zero-order valence-corrected chi connectivity index (χ0v) is 21.7. The van der Waals surface area contributed by atoms with Crippen LogP contribution in [0.25, 0.3) is 0 Å². The lowest BCUT2D eigenvalue weighted by Crippen LogP contribution is -2.23. The summed E-state index contributed by atoms with van der Waals surface area (Å²) in [7, 11) is 0. The Hall–Kier alpha value is -1.83. The highest BCUT2D eigenvalue weighted by molar-refractivity contribution is 7.12. The second-order valence-corrected chi connectivity index (χ2v) is 12.7. The van der Waals surface area contributed by atoms with Crippen LogP contribution >= 0.6 is 22.7 Å². The smallest absolute Gasteiger partial charge is 0.309 e. The van der Waals surface area contributed by atoms with E-state index in [1.165, 1.54) is 0 Å². The Morgan fingerprint density at radius 2 is 1.15 bits per heavy atom. The van der Waals surface area contributed by atoms with Gasteiger partial charge in [-0.15, -0.1) is 22.7 Å². The number of aliphatic hydroxyl groups excluding tert-OH is 1. The Balaban J connectivity index is 1.98. The third kappa shape index (κ3) is 9.51. The van der Waals surface area contributed by atoms with Gasteiger partial charge < -0.3 is 10.2 Å². The van der Waals surface area contributed by atoms with E-state index in [0.717, 1.165) is 45.2 Å². The van der Waals surface area contributed by atoms with Crippen LogP contribution in [-0.2, 0) is 30.5 Å². The molecule has 7 heteroatoms. The van der Waals surface area contributed by atoms with E-state index < -0.39 is 11.4 Å². The van der Waals surface area contributed by atoms with E-state index in [0.29, 0.717) is 25.7 Å². The van der Waals surface area contributed by atoms with Crippen LogP contribution in [0.2, 0.25) is 0 Å². The molecule has 2 aromatic heterocycles. The molecule has 2 aromatic rings. The topological polar surface area (TPSA) is 91.7 Å². The van der Waals surface area contributed by atoms with Crippen LogP contribution in [0.3, 0.4) is 0 Å². The molecule has 2 rings (SSSR count). The lowest BCUT2D eigenvalue weighted by molar-refractivity contribution is -0.147. The Labute approximate surface area is 204 Å². The molecule has 0 bridgehead atoms. The Bertz CT molecular complexity index is 1050. The molecular formula is C26H36O5S2. The van der Waals surface area contributed by atoms with Crippen LogP contribution in [0.1, 0.15) is 72.9 Å². The normalized spacial score (nSPS) is 12.2. The summed E-state index contributed by atoms with van der Waals surface area (Å²) in [4.78, 5) is 39.7. The van der Waals surface area contributed by atoms with Crippen LogP contribution in [0.5, 0.6) is 0 Å². The van der Waals surface area contributed by atoms with Crippen LogP contribution in [0.15, 0.2) is 33.9 Å². The standard InChI is InChI=1S/C26H36O5S2/c1-25(2,17-27)11-5-7-20-13-18(28)15-22(32-20)9-10-23-16-19(29)14-21(33-23)8-6-12-26(3,4)24(30)31/h13-16,27H,5-12,17H2,1-4H3,(H,30,31). The number of aryl methyl sites for hydroxylation is 4. The van der Waals surface area contributed by atoms with Crippen LogP contribution in [0.4, 0.5) is 0 Å². The highest BCUT2D eigenvalue weighted by atomic mass is 32.1. The highest BCUT2D eigenvalue weighted by Crippen LogP contribution is 2.26. The first-order valence-electron chi connectivity index (χ1n) is 11.5. The summed E-state index contributed by atoms with van der Waals surface area (Å²) in [6.07, 6.45) is 6.03. The summed E-state index contributed by atoms with van der Waals surface area (Å²) in [5, 5.41) is 18.7. The van der Waals surface area contributed by atoms with Crippen molar-refractivity contribution >= 4 is 28.6 Å². The fourth-order valence-electron chi connectivity index (χ4n) is 3.54. The van der Waals surface area contributed by atoms with E-state index in [1.807, 2.05) is 13.8 Å². The first-order chi connectivity index (χ1) is 15.4. The maximum atomic E-state index is 12.2. The molecule has 0 aliphatic carbocycles. The average Bonchev–Trinajstić information content (AvgIpc) is 2.71. The number of hydrogen-bond donors (Lipinski definition) is 2. The zero-order valence-electron chi connectivity index (χ0n) is 20.1. The maximum Gasteiger partial charge on any atom is 0.309 e. The van der Waals surface area contributed by atoms with Crippen molar-refractivity contribution in [2.24, 2.45) is 10.8 Å². The highest BCUT2D eigenvalue weighted by Gasteiger charge is 2.26. The molecule has 0 aliphatic rings. The first-order valence-corrected chi connectivity index (χ1v) is 13.1. The Morgan fingerprint density at radius 3 is 1.55 bits per heavy atom. The van der Waals surface area contributed by atoms with Gasteiger partial charge in [-0.05, 0) is 94.9 Å². The predicted octanol–water partition coefficient (Wildman–Crippen LogP) is 5.09. The molecule has 0 radical (unpaired) electrons. The van der Waals surface area contributed by atoms with Gasteiger partial charge in [0.05, 0.1) is 5.41 Å². The van der Waals surface area contributed by atoms with Gasteiger partial charge in [0.2, 0.25) is 0 Å². The lowest BCUT2D eigenvalue weighted by Gasteiger charge is -2.20. The molecule has 0 saturated heterocycles. The summed E-state index contributed by atoms with van der Waals surface area (Å²) >= 11 is 3.25. The molecule has 2 N–H and O–H groups in total. The molecule has 0 amide bonds. The van der Waals surface area contributed by atoms with Crippen molar-refractivity contribution in [3.63, 3.8) is 0 Å². The molecule has 0 spiro atoms. The maximum absolute atomic E-state index is 12.2. The summed E-state index contributed by atoms with van der Waals surface area (Å²) in [6.45, 7) is 7.68. The van der Waals surface area contributed by atoms with E-state index in [-0.39, 0.29) is 22.9 Å². The lowest BCUT2D eigenvalue weighted by atomic mass is 9.87. The van der Waals surface area contributed by atoms with E-state index in [2.05, 4.69) is 0 Å². The third-order valence-corrected chi connectivity index (χ3v) is 8.20. The van der Waals surface area contributed by atoms with Crippen molar-refractivity contribution in [2.45, 2.75) is 79.1 Å². The molecule has 182 valence electrons. The molecule has 0 aliphatic heterocycles. The molecule has 0 fully saturated rings. The number of carbonyl (C=O) groups is 1. The summed E-state index contributed by atoms with van der Waals surface area (Å²) in [6, 6.07) is 6.71. The monoisotopic (exact) mass is 492 g/mol. The fourth-order valence-corrected chi connectivity index (χ4v) is 5.82. The van der Waals surface area contributed by atoms with E-state index >= 15 is 0 Å². The minimum absolute atomic E-state index is 0.0168. The molecule has 0 aromatic carbocycles. The number of hydrogen-bond acceptors (Lipinski definition) is 6. The molecule has 5 nitrogen and oxygen atoms in total. The van der Waals surface area contributed by atoms with Gasteiger partial charge in [-0.1, -0.05) is 13.8 Å². The summed E-state index contributed by atoms with van der Waals surface area (Å²) < 4.78 is 0. The molecule has 2 heterocycles. The summed E-state index contributed by atoms with van der Waals surface area (Å²) in [5.74, 6) is -0.803. The third-order valence-electron chi connectivity index (χ3n) is 5.86. The minimum Gasteiger partial charge on any atom is -0.481 e. The number of carboxylic acids is 1. The second-order valence-electron chi connectivity index (χ2n) is 10.2. The van der Waals surface area contributed by atoms with Crippen LogP contribution < -0.4 is 10.9 Å². The van der Waals surface area contributed by atoms with Crippen molar-refractivity contribution in [3.8, 4) is 0 Å². The predicted molar refractivity (Wildman–Crippen MR) is 137 cm³/mol. The number of rotatable bonds is 13. The molecule has 0 atom stereocenters. The van der Waals surface area contributed by atoms with E-state index in [1.54, 1.807) is 60.8 Å². The fraction of sp³-hybridized carbons (Fsp3) is 0.577. The van der Waals surface area contributed by atoms with Crippen molar-refractivity contribution in [1.82, 2.24) is 0 Å². The Kier molecular flexibility index (Phi) is 10.0. The SMILES string of the molecule is CC(C)(CO)CCCc1cc(=O)cc(CCc2cc(=O)cc(CCCC(C)(C)C(=O)O)s2)s1. The first kappa shape index (κ1) is 27.4. The van der Waals surface area contributed by atoms with Crippen LogP contribution in [0, 0.1) is 10.8 Å². The minimum atomic E-state index is -0.803. The number of carboxylic acid groups (broad SMARTS) is 1. The quantitative estimate of drug-likeness (QED) is 0.406. The molecule has 0 unspecified atom stereocenters. The van der Waals surface area contributed by atoms with Crippen molar-refractivity contribution in [2.75, 3.05) is 6.61 Å². The zero-order chi connectivity index (χ0) is 24.6. The van der Waals surface area contributed by atoms with Gasteiger partial charge in [0.1, 0.15) is 0 Å². The van der Waals surface area contributed by atoms with Crippen LogP contribution in [-0.4, -0.2) is 22.8 Å². The van der Waals surface area contributed by atoms with Gasteiger partial charge in [-0.2, -0.15) is 0 Å². The number of aliphatic hydroxyl groups is 1. The molecule has 33 heavy (non-hydrogen) atoms. The summed E-state index contributed by atoms with van der Waals surface area (Å²) in [5.41, 5.74) is -0.874.